The van der Waals surface area contributed by atoms with Gasteiger partial charge in [-0.3, -0.25) is 4.79 Å². The smallest absolute Gasteiger partial charge is 0.254 e. The lowest BCUT2D eigenvalue weighted by Crippen LogP contribution is -2.36. The van der Waals surface area contributed by atoms with Crippen molar-refractivity contribution in [2.75, 3.05) is 11.5 Å². The highest BCUT2D eigenvalue weighted by Crippen LogP contribution is 2.45. The molecule has 0 radical (unpaired) electrons. The van der Waals surface area contributed by atoms with Crippen molar-refractivity contribution in [2.24, 2.45) is 0 Å². The fourth-order valence-electron chi connectivity index (χ4n) is 3.20. The number of carbonyl (C=O) groups excluding carboxylic acids is 1. The lowest BCUT2D eigenvalue weighted by Gasteiger charge is -2.25. The van der Waals surface area contributed by atoms with Gasteiger partial charge in [0.05, 0.1) is 21.7 Å². The Hall–Kier alpha value is -1.96. The molecule has 1 aromatic heterocycles. The van der Waals surface area contributed by atoms with Crippen LogP contribution >= 0.6 is 35.1 Å². The molecule has 3 aromatic rings. The molecule has 0 bridgehead atoms. The zero-order chi connectivity index (χ0) is 21.1. The van der Waals surface area contributed by atoms with E-state index in [1.165, 1.54) is 17.1 Å². The monoisotopic (exact) mass is 459 g/mol. The Bertz CT molecular complexity index is 1020. The predicted molar refractivity (Wildman–Crippen MR) is 124 cm³/mol. The molecule has 0 N–H and O–H groups in total. The van der Waals surface area contributed by atoms with Gasteiger partial charge in [-0.05, 0) is 43.7 Å². The molecule has 2 aromatic carbocycles. The molecule has 1 saturated heterocycles. The van der Waals surface area contributed by atoms with Gasteiger partial charge in [0.25, 0.3) is 5.91 Å². The van der Waals surface area contributed by atoms with Crippen LogP contribution in [0, 0.1) is 0 Å². The number of hydrogen-bond acceptors (Lipinski definition) is 6. The molecule has 8 heteroatoms. The molecule has 4 rings (SSSR count). The van der Waals surface area contributed by atoms with Crippen molar-refractivity contribution in [3.05, 3.63) is 70.6 Å². The highest BCUT2D eigenvalue weighted by Gasteiger charge is 2.23. The van der Waals surface area contributed by atoms with Gasteiger partial charge in [-0.2, -0.15) is 0 Å². The normalized spacial score (nSPS) is 14.4. The third kappa shape index (κ3) is 4.68. The van der Waals surface area contributed by atoms with Crippen LogP contribution in [0.2, 0.25) is 5.02 Å². The van der Waals surface area contributed by atoms with Crippen LogP contribution in [-0.4, -0.2) is 38.6 Å². The maximum Gasteiger partial charge on any atom is 0.254 e. The van der Waals surface area contributed by atoms with E-state index in [1.54, 1.807) is 11.0 Å². The number of benzene rings is 2. The Morgan fingerprint density at radius 2 is 1.83 bits per heavy atom. The molecule has 1 fully saturated rings. The van der Waals surface area contributed by atoms with Crippen LogP contribution in [0.3, 0.4) is 0 Å². The first-order valence-electron chi connectivity index (χ1n) is 9.74. The fraction of sp³-hybridized carbons (Fsp3) is 0.318. The lowest BCUT2D eigenvalue weighted by atomic mass is 10.1. The predicted octanol–water partition coefficient (Wildman–Crippen LogP) is 5.92. The molecule has 0 spiro atoms. The molecule has 1 aliphatic rings. The first-order valence-corrected chi connectivity index (χ1v) is 12.2. The highest BCUT2D eigenvalue weighted by atomic mass is 35.5. The largest absolute Gasteiger partial charge is 0.419 e. The minimum Gasteiger partial charge on any atom is -0.419 e. The van der Waals surface area contributed by atoms with E-state index < -0.39 is 0 Å². The third-order valence-electron chi connectivity index (χ3n) is 4.81. The molecule has 0 aliphatic carbocycles. The zero-order valence-corrected chi connectivity index (χ0v) is 19.1. The number of hydrogen-bond donors (Lipinski definition) is 0. The van der Waals surface area contributed by atoms with Crippen LogP contribution in [0.25, 0.3) is 11.5 Å². The van der Waals surface area contributed by atoms with Gasteiger partial charge in [0, 0.05) is 23.1 Å². The number of aromatic nitrogens is 2. The van der Waals surface area contributed by atoms with Gasteiger partial charge in [-0.15, -0.1) is 33.7 Å². The van der Waals surface area contributed by atoms with E-state index in [1.807, 2.05) is 67.7 Å². The second-order valence-electron chi connectivity index (χ2n) is 7.20. The molecule has 1 amide bonds. The van der Waals surface area contributed by atoms with E-state index in [2.05, 4.69) is 22.3 Å². The van der Waals surface area contributed by atoms with Crippen molar-refractivity contribution in [1.29, 1.82) is 0 Å². The van der Waals surface area contributed by atoms with E-state index in [0.717, 1.165) is 0 Å². The Kier molecular flexibility index (Phi) is 6.71. The second-order valence-corrected chi connectivity index (χ2v) is 10.3. The Morgan fingerprint density at radius 3 is 2.50 bits per heavy atom. The first-order chi connectivity index (χ1) is 14.5. The third-order valence-corrected chi connectivity index (χ3v) is 8.25. The van der Waals surface area contributed by atoms with Crippen molar-refractivity contribution in [3.8, 4) is 11.5 Å². The fourth-order valence-corrected chi connectivity index (χ4v) is 6.27. The highest BCUT2D eigenvalue weighted by molar-refractivity contribution is 8.19. The average Bonchev–Trinajstić information content (AvgIpc) is 3.44. The maximum absolute atomic E-state index is 13.2. The summed E-state index contributed by atoms with van der Waals surface area (Å²) >= 11 is 10.1. The molecule has 0 atom stereocenters. The molecule has 30 heavy (non-hydrogen) atoms. The molecule has 2 heterocycles. The van der Waals surface area contributed by atoms with Gasteiger partial charge in [0.2, 0.25) is 11.8 Å². The average molecular weight is 460 g/mol. The SMILES string of the molecule is CC(C)N(Cc1nnc(-c2ccccc2Cl)o1)C(=O)c1ccc(C2SCCS2)cc1. The van der Waals surface area contributed by atoms with Gasteiger partial charge < -0.3 is 9.32 Å². The number of carbonyl (C=O) groups is 1. The summed E-state index contributed by atoms with van der Waals surface area (Å²) in [6.45, 7) is 4.19. The number of thioether (sulfide) groups is 2. The van der Waals surface area contributed by atoms with Crippen molar-refractivity contribution < 1.29 is 9.21 Å². The quantitative estimate of drug-likeness (QED) is 0.456. The summed E-state index contributed by atoms with van der Waals surface area (Å²) < 4.78 is 6.27. The van der Waals surface area contributed by atoms with E-state index >= 15 is 0 Å². The maximum atomic E-state index is 13.2. The second kappa shape index (κ2) is 9.45. The minimum absolute atomic E-state index is 0.0196. The topological polar surface area (TPSA) is 59.2 Å². The molecule has 1 aliphatic heterocycles. The van der Waals surface area contributed by atoms with Crippen LogP contribution in [0.5, 0.6) is 0 Å². The lowest BCUT2D eigenvalue weighted by molar-refractivity contribution is 0.0672. The number of nitrogens with zero attached hydrogens (tertiary/aromatic N) is 3. The summed E-state index contributed by atoms with van der Waals surface area (Å²) in [6, 6.07) is 15.2. The van der Waals surface area contributed by atoms with E-state index in [-0.39, 0.29) is 18.5 Å². The Labute approximate surface area is 189 Å². The summed E-state index contributed by atoms with van der Waals surface area (Å²) in [4.78, 5) is 14.9. The van der Waals surface area contributed by atoms with Gasteiger partial charge in [-0.1, -0.05) is 35.9 Å². The number of halogens is 1. The summed E-state index contributed by atoms with van der Waals surface area (Å²) in [7, 11) is 0. The Morgan fingerprint density at radius 1 is 1.13 bits per heavy atom. The van der Waals surface area contributed by atoms with Crippen LogP contribution < -0.4 is 0 Å². The molecule has 156 valence electrons. The minimum atomic E-state index is -0.0548. The van der Waals surface area contributed by atoms with Gasteiger partial charge in [0.15, 0.2) is 0 Å². The van der Waals surface area contributed by atoms with Gasteiger partial charge >= 0.3 is 0 Å². The van der Waals surface area contributed by atoms with Gasteiger partial charge in [0.1, 0.15) is 0 Å². The standard InChI is InChI=1S/C22H22ClN3O2S2/c1-14(2)26(13-19-24-25-20(28-19)17-5-3-4-6-18(17)23)21(27)15-7-9-16(10-8-15)22-29-11-12-30-22/h3-10,14,22H,11-13H2,1-2H3. The van der Waals surface area contributed by atoms with Crippen LogP contribution in [-0.2, 0) is 6.54 Å². The van der Waals surface area contributed by atoms with Crippen molar-refractivity contribution in [3.63, 3.8) is 0 Å². The summed E-state index contributed by atoms with van der Waals surface area (Å²) in [5.41, 5.74) is 2.60. The molecular weight excluding hydrogens is 438 g/mol. The summed E-state index contributed by atoms with van der Waals surface area (Å²) in [6.07, 6.45) is 0. The van der Waals surface area contributed by atoms with Crippen LogP contribution in [0.1, 0.15) is 40.2 Å². The molecular formula is C22H22ClN3O2S2. The van der Waals surface area contributed by atoms with Gasteiger partial charge in [-0.25, -0.2) is 0 Å². The number of rotatable bonds is 6. The van der Waals surface area contributed by atoms with Crippen molar-refractivity contribution in [1.82, 2.24) is 15.1 Å². The van der Waals surface area contributed by atoms with Crippen LogP contribution in [0.15, 0.2) is 52.9 Å². The summed E-state index contributed by atoms with van der Waals surface area (Å²) in [5, 5.41) is 8.77. The Balaban J connectivity index is 1.50. The van der Waals surface area contributed by atoms with E-state index in [9.17, 15) is 4.79 Å². The van der Waals surface area contributed by atoms with Crippen LogP contribution in [0.4, 0.5) is 0 Å². The first kappa shape index (κ1) is 21.3. The van der Waals surface area contributed by atoms with E-state index in [0.29, 0.717) is 32.5 Å². The molecule has 0 unspecified atom stereocenters. The summed E-state index contributed by atoms with van der Waals surface area (Å²) in [5.74, 6) is 3.03. The zero-order valence-electron chi connectivity index (χ0n) is 16.7. The van der Waals surface area contributed by atoms with Crippen molar-refractivity contribution >= 4 is 41.0 Å². The van der Waals surface area contributed by atoms with E-state index in [4.69, 9.17) is 16.0 Å². The molecule has 0 saturated carbocycles. The molecule has 5 nitrogen and oxygen atoms in total. The van der Waals surface area contributed by atoms with Crippen molar-refractivity contribution in [2.45, 2.75) is 31.0 Å². The number of amides is 1.